The Morgan fingerprint density at radius 2 is 1.75 bits per heavy atom. The molecule has 0 radical (unpaired) electrons. The van der Waals surface area contributed by atoms with Crippen LogP contribution in [0.1, 0.15) is 24.1 Å². The Hall–Kier alpha value is -1.12. The Balaban J connectivity index is 1.94. The van der Waals surface area contributed by atoms with Crippen molar-refractivity contribution in [2.75, 3.05) is 0 Å². The van der Waals surface area contributed by atoms with Crippen molar-refractivity contribution in [2.24, 2.45) is 5.73 Å². The maximum Gasteiger partial charge on any atom is 0.0504 e. The van der Waals surface area contributed by atoms with Crippen molar-refractivity contribution in [1.82, 2.24) is 0 Å². The predicted octanol–water partition coefficient (Wildman–Crippen LogP) is 3.75. The quantitative estimate of drug-likeness (QED) is 0.833. The maximum atomic E-state index is 6.33. The van der Waals surface area contributed by atoms with E-state index >= 15 is 0 Å². The highest BCUT2D eigenvalue weighted by Crippen LogP contribution is 2.43. The minimum Gasteiger partial charge on any atom is -0.321 e. The SMILES string of the molecule is NC1(c2ccc(-c3ccccc3)s2)CCC1. The van der Waals surface area contributed by atoms with Crippen LogP contribution in [0.3, 0.4) is 0 Å². The van der Waals surface area contributed by atoms with Crippen LogP contribution in [0.5, 0.6) is 0 Å². The molecule has 1 aromatic heterocycles. The van der Waals surface area contributed by atoms with Crippen molar-refractivity contribution in [3.63, 3.8) is 0 Å². The van der Waals surface area contributed by atoms with E-state index < -0.39 is 0 Å². The monoisotopic (exact) mass is 229 g/mol. The summed E-state index contributed by atoms with van der Waals surface area (Å²) in [6.07, 6.45) is 3.55. The number of thiophene rings is 1. The van der Waals surface area contributed by atoms with E-state index in [4.69, 9.17) is 5.73 Å². The Kier molecular flexibility index (Phi) is 2.34. The van der Waals surface area contributed by atoms with Crippen molar-refractivity contribution >= 4 is 11.3 Å². The van der Waals surface area contributed by atoms with Crippen molar-refractivity contribution in [3.05, 3.63) is 47.3 Å². The second-order valence-electron chi connectivity index (χ2n) is 4.54. The van der Waals surface area contributed by atoms with E-state index in [0.29, 0.717) is 0 Å². The van der Waals surface area contributed by atoms with Crippen LogP contribution in [0.2, 0.25) is 0 Å². The molecule has 0 amide bonds. The summed E-state index contributed by atoms with van der Waals surface area (Å²) in [4.78, 5) is 2.67. The van der Waals surface area contributed by atoms with Crippen LogP contribution in [0.25, 0.3) is 10.4 Å². The molecule has 2 heteroatoms. The maximum absolute atomic E-state index is 6.33. The summed E-state index contributed by atoms with van der Waals surface area (Å²) >= 11 is 1.84. The fourth-order valence-corrected chi connectivity index (χ4v) is 3.34. The number of benzene rings is 1. The lowest BCUT2D eigenvalue weighted by atomic mass is 9.77. The summed E-state index contributed by atoms with van der Waals surface area (Å²) < 4.78 is 0. The third kappa shape index (κ3) is 1.58. The first kappa shape index (κ1) is 10.1. The first-order valence-corrected chi connectivity index (χ1v) is 6.54. The van der Waals surface area contributed by atoms with Gasteiger partial charge < -0.3 is 5.73 Å². The molecule has 1 aliphatic rings. The van der Waals surface area contributed by atoms with Crippen LogP contribution in [0.15, 0.2) is 42.5 Å². The molecule has 2 N–H and O–H groups in total. The third-order valence-corrected chi connectivity index (χ3v) is 4.76. The topological polar surface area (TPSA) is 26.0 Å². The van der Waals surface area contributed by atoms with E-state index in [0.717, 1.165) is 12.8 Å². The zero-order chi connectivity index (χ0) is 11.0. The van der Waals surface area contributed by atoms with E-state index in [2.05, 4.69) is 36.4 Å². The standard InChI is InChI=1S/C14H15NS/c15-14(9-4-10-14)13-8-7-12(16-13)11-5-2-1-3-6-11/h1-3,5-8H,4,9-10,15H2. The number of hydrogen-bond donors (Lipinski definition) is 1. The van der Waals surface area contributed by atoms with E-state index in [1.54, 1.807) is 0 Å². The number of hydrogen-bond acceptors (Lipinski definition) is 2. The summed E-state index contributed by atoms with van der Waals surface area (Å²) in [5.41, 5.74) is 7.60. The first-order valence-electron chi connectivity index (χ1n) is 5.73. The highest BCUT2D eigenvalue weighted by molar-refractivity contribution is 7.15. The van der Waals surface area contributed by atoms with Gasteiger partial charge in [0.1, 0.15) is 0 Å². The van der Waals surface area contributed by atoms with Crippen molar-refractivity contribution < 1.29 is 0 Å². The smallest absolute Gasteiger partial charge is 0.0504 e. The Labute approximate surface area is 99.9 Å². The van der Waals surface area contributed by atoms with Gasteiger partial charge in [0.05, 0.1) is 5.54 Å². The fourth-order valence-electron chi connectivity index (χ4n) is 2.17. The van der Waals surface area contributed by atoms with Gasteiger partial charge in [-0.1, -0.05) is 30.3 Å². The molecule has 82 valence electrons. The van der Waals surface area contributed by atoms with Gasteiger partial charge >= 0.3 is 0 Å². The highest BCUT2D eigenvalue weighted by atomic mass is 32.1. The lowest BCUT2D eigenvalue weighted by Gasteiger charge is -2.37. The summed E-state index contributed by atoms with van der Waals surface area (Å²) in [7, 11) is 0. The van der Waals surface area contributed by atoms with E-state index in [1.807, 2.05) is 17.4 Å². The summed E-state index contributed by atoms with van der Waals surface area (Å²) in [6, 6.07) is 14.9. The second kappa shape index (κ2) is 3.72. The lowest BCUT2D eigenvalue weighted by molar-refractivity contribution is 0.259. The van der Waals surface area contributed by atoms with Gasteiger partial charge in [0.2, 0.25) is 0 Å². The van der Waals surface area contributed by atoms with Crippen LogP contribution in [-0.2, 0) is 5.54 Å². The molecule has 1 fully saturated rings. The molecule has 2 aromatic rings. The molecule has 16 heavy (non-hydrogen) atoms. The molecule has 1 aromatic carbocycles. The molecule has 0 unspecified atom stereocenters. The van der Waals surface area contributed by atoms with Crippen LogP contribution in [0, 0.1) is 0 Å². The molecule has 1 nitrogen and oxygen atoms in total. The van der Waals surface area contributed by atoms with Gasteiger partial charge in [-0.3, -0.25) is 0 Å². The largest absolute Gasteiger partial charge is 0.321 e. The average Bonchev–Trinajstić information content (AvgIpc) is 2.77. The molecule has 0 aliphatic heterocycles. The van der Waals surface area contributed by atoms with Crippen LogP contribution in [-0.4, -0.2) is 0 Å². The fraction of sp³-hybridized carbons (Fsp3) is 0.286. The number of nitrogens with two attached hydrogens (primary N) is 1. The molecule has 1 saturated carbocycles. The summed E-state index contributed by atoms with van der Waals surface area (Å²) in [5, 5.41) is 0. The van der Waals surface area contributed by atoms with E-state index in [9.17, 15) is 0 Å². The van der Waals surface area contributed by atoms with Crippen molar-refractivity contribution in [1.29, 1.82) is 0 Å². The van der Waals surface area contributed by atoms with Gasteiger partial charge in [0.25, 0.3) is 0 Å². The van der Waals surface area contributed by atoms with E-state index in [1.165, 1.54) is 21.7 Å². The molecule has 0 saturated heterocycles. The van der Waals surface area contributed by atoms with Crippen LogP contribution >= 0.6 is 11.3 Å². The molecule has 0 spiro atoms. The van der Waals surface area contributed by atoms with Crippen molar-refractivity contribution in [2.45, 2.75) is 24.8 Å². The third-order valence-electron chi connectivity index (χ3n) is 3.40. The molecule has 0 bridgehead atoms. The van der Waals surface area contributed by atoms with Crippen LogP contribution < -0.4 is 5.73 Å². The molecular weight excluding hydrogens is 214 g/mol. The van der Waals surface area contributed by atoms with Gasteiger partial charge in [-0.15, -0.1) is 11.3 Å². The van der Waals surface area contributed by atoms with Crippen LogP contribution in [0.4, 0.5) is 0 Å². The Bertz CT molecular complexity index is 482. The summed E-state index contributed by atoms with van der Waals surface area (Å²) in [5.74, 6) is 0. The van der Waals surface area contributed by atoms with Gasteiger partial charge in [-0.2, -0.15) is 0 Å². The molecule has 3 rings (SSSR count). The van der Waals surface area contributed by atoms with Gasteiger partial charge in [0.15, 0.2) is 0 Å². The normalized spacial score (nSPS) is 18.1. The Morgan fingerprint density at radius 1 is 1.00 bits per heavy atom. The second-order valence-corrected chi connectivity index (χ2v) is 5.62. The highest BCUT2D eigenvalue weighted by Gasteiger charge is 2.35. The van der Waals surface area contributed by atoms with Gasteiger partial charge in [0, 0.05) is 9.75 Å². The molecular formula is C14H15NS. The molecule has 1 heterocycles. The Morgan fingerprint density at radius 3 is 2.38 bits per heavy atom. The zero-order valence-corrected chi connectivity index (χ0v) is 9.96. The van der Waals surface area contributed by atoms with Gasteiger partial charge in [-0.05, 0) is 37.0 Å². The minimum atomic E-state index is -0.0162. The average molecular weight is 229 g/mol. The zero-order valence-electron chi connectivity index (χ0n) is 9.15. The predicted molar refractivity (Wildman–Crippen MR) is 69.5 cm³/mol. The van der Waals surface area contributed by atoms with Crippen molar-refractivity contribution in [3.8, 4) is 10.4 Å². The molecule has 0 atom stereocenters. The molecule has 1 aliphatic carbocycles. The van der Waals surface area contributed by atoms with E-state index in [-0.39, 0.29) is 5.54 Å². The first-order chi connectivity index (χ1) is 7.78. The summed E-state index contributed by atoms with van der Waals surface area (Å²) in [6.45, 7) is 0. The lowest BCUT2D eigenvalue weighted by Crippen LogP contribution is -2.42. The minimum absolute atomic E-state index is 0.0162. The number of rotatable bonds is 2. The van der Waals surface area contributed by atoms with Gasteiger partial charge in [-0.25, -0.2) is 0 Å².